The minimum Gasteiger partial charge on any atom is -0.336 e. The highest BCUT2D eigenvalue weighted by atomic mass is 32.2. The zero-order chi connectivity index (χ0) is 20.6. The molecule has 2 heterocycles. The summed E-state index contributed by atoms with van der Waals surface area (Å²) in [5, 5.41) is 8.18. The minimum absolute atomic E-state index is 0.120. The van der Waals surface area contributed by atoms with E-state index in [2.05, 4.69) is 10.3 Å². The number of aryl methyl sites for hydroxylation is 2. The molecule has 0 bridgehead atoms. The normalized spacial score (nSPS) is 15.7. The Kier molecular flexibility index (Phi) is 5.10. The van der Waals surface area contributed by atoms with E-state index in [0.717, 1.165) is 11.1 Å². The number of carbonyl (C=O) groups excluding carboxylic acids is 1. The molecule has 8 nitrogen and oxygen atoms in total. The van der Waals surface area contributed by atoms with Crippen LogP contribution in [0.25, 0.3) is 11.0 Å². The maximum atomic E-state index is 12.9. The number of sulfonamides is 1. The number of amides is 1. The molecule has 152 valence electrons. The van der Waals surface area contributed by atoms with E-state index in [-0.39, 0.29) is 23.9 Å². The van der Waals surface area contributed by atoms with E-state index in [1.165, 1.54) is 4.31 Å². The molecular weight excluding hydrogens is 390 g/mol. The summed E-state index contributed by atoms with van der Waals surface area (Å²) in [5.74, 6) is -0.120. The van der Waals surface area contributed by atoms with Crippen LogP contribution in [0.2, 0.25) is 0 Å². The zero-order valence-corrected chi connectivity index (χ0v) is 17.3. The van der Waals surface area contributed by atoms with Gasteiger partial charge in [0.25, 0.3) is 5.91 Å². The van der Waals surface area contributed by atoms with E-state index in [1.54, 1.807) is 46.0 Å². The van der Waals surface area contributed by atoms with Crippen molar-refractivity contribution >= 4 is 27.0 Å². The maximum Gasteiger partial charge on any atom is 0.254 e. The van der Waals surface area contributed by atoms with Crippen LogP contribution in [0, 0.1) is 6.92 Å². The Hall–Kier alpha value is -2.78. The first-order chi connectivity index (χ1) is 13.9. The van der Waals surface area contributed by atoms with E-state index in [0.29, 0.717) is 30.7 Å². The molecule has 1 aliphatic heterocycles. The lowest BCUT2D eigenvalue weighted by atomic mass is 10.1. The van der Waals surface area contributed by atoms with Gasteiger partial charge in [0.15, 0.2) is 0 Å². The van der Waals surface area contributed by atoms with E-state index in [4.69, 9.17) is 0 Å². The average Bonchev–Trinajstić information content (AvgIpc) is 3.16. The van der Waals surface area contributed by atoms with Crippen LogP contribution < -0.4 is 0 Å². The van der Waals surface area contributed by atoms with Gasteiger partial charge in [0.05, 0.1) is 10.4 Å². The minimum atomic E-state index is -3.55. The van der Waals surface area contributed by atoms with Crippen LogP contribution >= 0.6 is 0 Å². The van der Waals surface area contributed by atoms with Gasteiger partial charge in [-0.3, -0.25) is 4.79 Å². The fourth-order valence-corrected chi connectivity index (χ4v) is 4.93. The van der Waals surface area contributed by atoms with E-state index in [1.807, 2.05) is 19.9 Å². The first-order valence-electron chi connectivity index (χ1n) is 9.59. The number of hydrogen-bond donors (Lipinski definition) is 0. The topological polar surface area (TPSA) is 88.4 Å². The van der Waals surface area contributed by atoms with Gasteiger partial charge in [-0.15, -0.1) is 5.10 Å². The third-order valence-electron chi connectivity index (χ3n) is 5.25. The summed E-state index contributed by atoms with van der Waals surface area (Å²) in [4.78, 5) is 14.9. The summed E-state index contributed by atoms with van der Waals surface area (Å²) in [7, 11) is -3.55. The third kappa shape index (κ3) is 3.63. The summed E-state index contributed by atoms with van der Waals surface area (Å²) in [6.45, 7) is 5.86. The number of carbonyl (C=O) groups is 1. The van der Waals surface area contributed by atoms with Crippen LogP contribution in [0.4, 0.5) is 0 Å². The number of benzene rings is 2. The second-order valence-corrected chi connectivity index (χ2v) is 9.06. The Labute approximate surface area is 169 Å². The van der Waals surface area contributed by atoms with Gasteiger partial charge in [0, 0.05) is 38.3 Å². The number of aromatic nitrogens is 3. The van der Waals surface area contributed by atoms with E-state index in [9.17, 15) is 13.2 Å². The van der Waals surface area contributed by atoms with Crippen molar-refractivity contribution in [3.05, 3.63) is 53.6 Å². The van der Waals surface area contributed by atoms with Crippen molar-refractivity contribution in [3.8, 4) is 0 Å². The standard InChI is InChI=1S/C20H23N5O3S/c1-3-25-19-9-6-16(14-18(19)21-22-25)20(26)23-10-12-24(13-11-23)29(27,28)17-7-4-15(2)5-8-17/h4-9,14H,3,10-13H2,1-2H3. The van der Waals surface area contributed by atoms with Crippen LogP contribution in [0.5, 0.6) is 0 Å². The Bertz CT molecular complexity index is 1150. The van der Waals surface area contributed by atoms with Crippen molar-refractivity contribution in [2.75, 3.05) is 26.2 Å². The summed E-state index contributed by atoms with van der Waals surface area (Å²) in [6.07, 6.45) is 0. The molecule has 1 saturated heterocycles. The first kappa shape index (κ1) is 19.5. The lowest BCUT2D eigenvalue weighted by Gasteiger charge is -2.34. The second-order valence-electron chi connectivity index (χ2n) is 7.12. The van der Waals surface area contributed by atoms with Crippen LogP contribution in [0.15, 0.2) is 47.4 Å². The first-order valence-corrected chi connectivity index (χ1v) is 11.0. The molecule has 29 heavy (non-hydrogen) atoms. The lowest BCUT2D eigenvalue weighted by Crippen LogP contribution is -2.50. The largest absolute Gasteiger partial charge is 0.336 e. The lowest BCUT2D eigenvalue weighted by molar-refractivity contribution is 0.0698. The number of nitrogens with zero attached hydrogens (tertiary/aromatic N) is 5. The second kappa shape index (κ2) is 7.57. The van der Waals surface area contributed by atoms with Gasteiger partial charge >= 0.3 is 0 Å². The predicted octanol–water partition coefficient (Wildman–Crippen LogP) is 1.91. The van der Waals surface area contributed by atoms with Gasteiger partial charge in [0.1, 0.15) is 5.52 Å². The number of piperazine rings is 1. The molecular formula is C20H23N5O3S. The van der Waals surface area contributed by atoms with Crippen molar-refractivity contribution in [2.45, 2.75) is 25.3 Å². The average molecular weight is 414 g/mol. The smallest absolute Gasteiger partial charge is 0.254 e. The highest BCUT2D eigenvalue weighted by molar-refractivity contribution is 7.89. The summed E-state index contributed by atoms with van der Waals surface area (Å²) >= 11 is 0. The predicted molar refractivity (Wildman–Crippen MR) is 109 cm³/mol. The maximum absolute atomic E-state index is 12.9. The van der Waals surface area contributed by atoms with Crippen LogP contribution in [-0.2, 0) is 16.6 Å². The number of hydrogen-bond acceptors (Lipinski definition) is 5. The molecule has 1 aromatic heterocycles. The van der Waals surface area contributed by atoms with Crippen molar-refractivity contribution < 1.29 is 13.2 Å². The molecule has 1 aliphatic rings. The Balaban J connectivity index is 1.46. The molecule has 0 radical (unpaired) electrons. The van der Waals surface area contributed by atoms with Crippen molar-refractivity contribution in [1.82, 2.24) is 24.2 Å². The van der Waals surface area contributed by atoms with Gasteiger partial charge < -0.3 is 4.90 Å². The molecule has 0 unspecified atom stereocenters. The Morgan fingerprint density at radius 2 is 1.72 bits per heavy atom. The van der Waals surface area contributed by atoms with Gasteiger partial charge in [-0.2, -0.15) is 4.31 Å². The van der Waals surface area contributed by atoms with Crippen LogP contribution in [0.1, 0.15) is 22.8 Å². The SMILES string of the molecule is CCn1nnc2cc(C(=O)N3CCN(S(=O)(=O)c4ccc(C)cc4)CC3)ccc21. The molecule has 2 aromatic carbocycles. The third-order valence-corrected chi connectivity index (χ3v) is 7.16. The van der Waals surface area contributed by atoms with Crippen molar-refractivity contribution in [3.63, 3.8) is 0 Å². The van der Waals surface area contributed by atoms with Gasteiger partial charge in [-0.25, -0.2) is 13.1 Å². The van der Waals surface area contributed by atoms with Gasteiger partial charge in [0.2, 0.25) is 10.0 Å². The number of fused-ring (bicyclic) bond motifs is 1. The molecule has 9 heteroatoms. The molecule has 0 atom stereocenters. The van der Waals surface area contributed by atoms with E-state index >= 15 is 0 Å². The Morgan fingerprint density at radius 1 is 1.03 bits per heavy atom. The summed E-state index contributed by atoms with van der Waals surface area (Å²) in [5.41, 5.74) is 3.11. The molecule has 0 N–H and O–H groups in total. The highest BCUT2D eigenvalue weighted by Crippen LogP contribution is 2.20. The van der Waals surface area contributed by atoms with Crippen LogP contribution in [0.3, 0.4) is 0 Å². The summed E-state index contributed by atoms with van der Waals surface area (Å²) in [6, 6.07) is 12.2. The molecule has 0 aliphatic carbocycles. The molecule has 0 saturated carbocycles. The molecule has 1 fully saturated rings. The molecule has 3 aromatic rings. The fourth-order valence-electron chi connectivity index (χ4n) is 3.51. The monoisotopic (exact) mass is 413 g/mol. The summed E-state index contributed by atoms with van der Waals surface area (Å²) < 4.78 is 28.9. The quantitative estimate of drug-likeness (QED) is 0.652. The zero-order valence-electron chi connectivity index (χ0n) is 16.4. The molecule has 4 rings (SSSR count). The fraction of sp³-hybridized carbons (Fsp3) is 0.350. The number of rotatable bonds is 4. The van der Waals surface area contributed by atoms with E-state index < -0.39 is 10.0 Å². The van der Waals surface area contributed by atoms with Gasteiger partial charge in [-0.05, 0) is 44.2 Å². The molecule has 0 spiro atoms. The Morgan fingerprint density at radius 3 is 2.38 bits per heavy atom. The van der Waals surface area contributed by atoms with Crippen LogP contribution in [-0.4, -0.2) is 64.7 Å². The molecule has 1 amide bonds. The van der Waals surface area contributed by atoms with Crippen molar-refractivity contribution in [2.24, 2.45) is 0 Å². The van der Waals surface area contributed by atoms with Gasteiger partial charge in [-0.1, -0.05) is 22.9 Å². The highest BCUT2D eigenvalue weighted by Gasteiger charge is 2.30. The van der Waals surface area contributed by atoms with Crippen molar-refractivity contribution in [1.29, 1.82) is 0 Å².